The van der Waals surface area contributed by atoms with Crippen LogP contribution in [0.5, 0.6) is 11.5 Å². The molecule has 162 valence electrons. The Kier molecular flexibility index (Phi) is 5.59. The van der Waals surface area contributed by atoms with Crippen molar-refractivity contribution in [1.82, 2.24) is 0 Å². The molecule has 1 heterocycles. The van der Waals surface area contributed by atoms with Gasteiger partial charge in [0.1, 0.15) is 17.4 Å². The highest BCUT2D eigenvalue weighted by Crippen LogP contribution is 2.45. The third-order valence-corrected chi connectivity index (χ3v) is 5.98. The van der Waals surface area contributed by atoms with Gasteiger partial charge in [-0.3, -0.25) is 9.59 Å². The van der Waals surface area contributed by atoms with Crippen molar-refractivity contribution in [2.24, 2.45) is 11.8 Å². The van der Waals surface area contributed by atoms with E-state index in [1.165, 1.54) is 7.11 Å². The molecule has 0 fully saturated rings. The minimum Gasteiger partial charge on any atom is -0.497 e. The van der Waals surface area contributed by atoms with Crippen molar-refractivity contribution in [3.8, 4) is 11.5 Å². The lowest BCUT2D eigenvalue weighted by Crippen LogP contribution is -2.39. The number of ketones is 1. The van der Waals surface area contributed by atoms with Gasteiger partial charge in [-0.2, -0.15) is 0 Å². The van der Waals surface area contributed by atoms with Crippen molar-refractivity contribution in [2.75, 3.05) is 32.0 Å². The van der Waals surface area contributed by atoms with Crippen LogP contribution in [0.3, 0.4) is 0 Å². The molecule has 2 aliphatic rings. The SMILES string of the molecule is COC(=O)[C@H]1C(=O)C2=C(C[C@@H]1C)Nc1ccccc1N[C@H]2c1ccc(OC)cc1OC. The molecule has 2 N–H and O–H groups in total. The van der Waals surface area contributed by atoms with E-state index in [1.807, 2.05) is 43.3 Å². The quantitative estimate of drug-likeness (QED) is 0.570. The van der Waals surface area contributed by atoms with Gasteiger partial charge in [-0.05, 0) is 36.6 Å². The number of esters is 1. The molecule has 0 amide bonds. The largest absolute Gasteiger partial charge is 0.497 e. The van der Waals surface area contributed by atoms with E-state index in [-0.39, 0.29) is 11.7 Å². The molecule has 0 saturated heterocycles. The molecule has 31 heavy (non-hydrogen) atoms. The van der Waals surface area contributed by atoms with Gasteiger partial charge < -0.3 is 24.8 Å². The van der Waals surface area contributed by atoms with Crippen LogP contribution in [0.2, 0.25) is 0 Å². The molecule has 7 nitrogen and oxygen atoms in total. The molecule has 4 rings (SSSR count). The Morgan fingerprint density at radius 3 is 2.45 bits per heavy atom. The molecule has 0 bridgehead atoms. The smallest absolute Gasteiger partial charge is 0.316 e. The number of hydrogen-bond donors (Lipinski definition) is 2. The zero-order chi connectivity index (χ0) is 22.1. The second-order valence-electron chi connectivity index (χ2n) is 7.79. The van der Waals surface area contributed by atoms with E-state index in [0.717, 1.165) is 22.6 Å². The van der Waals surface area contributed by atoms with Gasteiger partial charge in [0.25, 0.3) is 0 Å². The van der Waals surface area contributed by atoms with Crippen LogP contribution in [0.25, 0.3) is 0 Å². The second kappa shape index (κ2) is 8.34. The topological polar surface area (TPSA) is 85.9 Å². The van der Waals surface area contributed by atoms with Gasteiger partial charge in [0.05, 0.1) is 38.7 Å². The third kappa shape index (κ3) is 3.60. The van der Waals surface area contributed by atoms with Gasteiger partial charge in [-0.1, -0.05) is 19.1 Å². The molecule has 1 aliphatic carbocycles. The van der Waals surface area contributed by atoms with Crippen LogP contribution in [-0.4, -0.2) is 33.1 Å². The Balaban J connectivity index is 1.90. The summed E-state index contributed by atoms with van der Waals surface area (Å²) in [6.45, 7) is 1.90. The fourth-order valence-corrected chi connectivity index (χ4v) is 4.42. The summed E-state index contributed by atoms with van der Waals surface area (Å²) in [5, 5.41) is 6.93. The van der Waals surface area contributed by atoms with Crippen LogP contribution < -0.4 is 20.1 Å². The van der Waals surface area contributed by atoms with Crippen molar-refractivity contribution in [2.45, 2.75) is 19.4 Å². The summed E-state index contributed by atoms with van der Waals surface area (Å²) in [6.07, 6.45) is 0.547. The Bertz CT molecular complexity index is 1060. The minimum atomic E-state index is -0.847. The lowest BCUT2D eigenvalue weighted by Gasteiger charge is -2.32. The molecule has 0 saturated carbocycles. The van der Waals surface area contributed by atoms with Gasteiger partial charge in [0.2, 0.25) is 0 Å². The van der Waals surface area contributed by atoms with Crippen molar-refractivity contribution in [3.63, 3.8) is 0 Å². The number of anilines is 2. The first-order valence-corrected chi connectivity index (χ1v) is 10.2. The van der Waals surface area contributed by atoms with Gasteiger partial charge >= 0.3 is 5.97 Å². The van der Waals surface area contributed by atoms with E-state index < -0.39 is 17.9 Å². The highest BCUT2D eigenvalue weighted by molar-refractivity contribution is 6.11. The van der Waals surface area contributed by atoms with Gasteiger partial charge in [-0.25, -0.2) is 0 Å². The molecule has 2 aromatic carbocycles. The van der Waals surface area contributed by atoms with E-state index in [4.69, 9.17) is 14.2 Å². The minimum absolute atomic E-state index is 0.185. The van der Waals surface area contributed by atoms with Gasteiger partial charge in [0, 0.05) is 22.9 Å². The summed E-state index contributed by atoms with van der Waals surface area (Å²) in [6, 6.07) is 12.8. The summed E-state index contributed by atoms with van der Waals surface area (Å²) in [4.78, 5) is 26.1. The predicted molar refractivity (Wildman–Crippen MR) is 117 cm³/mol. The molecular weight excluding hydrogens is 396 g/mol. The van der Waals surface area contributed by atoms with Crippen molar-refractivity contribution >= 4 is 23.1 Å². The van der Waals surface area contributed by atoms with Crippen LogP contribution in [0, 0.1) is 11.8 Å². The fourth-order valence-electron chi connectivity index (χ4n) is 4.42. The maximum atomic E-state index is 13.7. The molecule has 3 atom stereocenters. The first-order valence-electron chi connectivity index (χ1n) is 10.2. The van der Waals surface area contributed by atoms with Crippen molar-refractivity contribution in [1.29, 1.82) is 0 Å². The molecule has 2 aromatic rings. The van der Waals surface area contributed by atoms with Crippen LogP contribution in [0.4, 0.5) is 11.4 Å². The normalized spacial score (nSPS) is 22.3. The highest BCUT2D eigenvalue weighted by atomic mass is 16.5. The third-order valence-electron chi connectivity index (χ3n) is 5.98. The maximum absolute atomic E-state index is 13.7. The van der Waals surface area contributed by atoms with E-state index in [0.29, 0.717) is 23.5 Å². The Hall–Kier alpha value is -3.48. The van der Waals surface area contributed by atoms with Crippen LogP contribution in [0.1, 0.15) is 24.9 Å². The van der Waals surface area contributed by atoms with E-state index in [2.05, 4.69) is 10.6 Å². The van der Waals surface area contributed by atoms with Crippen molar-refractivity contribution < 1.29 is 23.8 Å². The molecule has 0 aromatic heterocycles. The molecule has 1 aliphatic heterocycles. The van der Waals surface area contributed by atoms with E-state index in [9.17, 15) is 9.59 Å². The van der Waals surface area contributed by atoms with Crippen LogP contribution in [0.15, 0.2) is 53.7 Å². The molecule has 7 heteroatoms. The van der Waals surface area contributed by atoms with Crippen molar-refractivity contribution in [3.05, 3.63) is 59.3 Å². The Morgan fingerprint density at radius 1 is 1.03 bits per heavy atom. The molecule has 0 spiro atoms. The van der Waals surface area contributed by atoms with Gasteiger partial charge in [0.15, 0.2) is 5.78 Å². The maximum Gasteiger partial charge on any atom is 0.316 e. The lowest BCUT2D eigenvalue weighted by molar-refractivity contribution is -0.151. The number of methoxy groups -OCH3 is 3. The number of hydrogen-bond acceptors (Lipinski definition) is 7. The standard InChI is InChI=1S/C24H26N2O5/c1-13-11-18-21(23(27)20(13)24(28)31-4)22(26-17-8-6-5-7-16(17)25-18)15-10-9-14(29-2)12-19(15)30-3/h5-10,12-13,20,22,25-26H,11H2,1-4H3/t13-,20+,22-/m0/s1. The zero-order valence-corrected chi connectivity index (χ0v) is 18.0. The predicted octanol–water partition coefficient (Wildman–Crippen LogP) is 3.93. The van der Waals surface area contributed by atoms with Crippen LogP contribution in [-0.2, 0) is 14.3 Å². The number of para-hydroxylation sites is 2. The monoisotopic (exact) mass is 422 g/mol. The lowest BCUT2D eigenvalue weighted by atomic mass is 9.74. The Labute approximate surface area is 181 Å². The fraction of sp³-hybridized carbons (Fsp3) is 0.333. The Morgan fingerprint density at radius 2 is 1.77 bits per heavy atom. The molecular formula is C24H26N2O5. The highest BCUT2D eigenvalue weighted by Gasteiger charge is 2.44. The number of benzene rings is 2. The number of allylic oxidation sites excluding steroid dienone is 1. The summed E-state index contributed by atoms with van der Waals surface area (Å²) in [5.74, 6) is -0.542. The summed E-state index contributed by atoms with van der Waals surface area (Å²) in [7, 11) is 4.49. The first kappa shape index (κ1) is 20.8. The van der Waals surface area contributed by atoms with E-state index >= 15 is 0 Å². The average Bonchev–Trinajstić information content (AvgIpc) is 2.94. The number of ether oxygens (including phenoxy) is 3. The summed E-state index contributed by atoms with van der Waals surface area (Å²) in [5.41, 5.74) is 3.84. The van der Waals surface area contributed by atoms with Crippen LogP contribution >= 0.6 is 0 Å². The number of carbonyl (C=O) groups excluding carboxylic acids is 2. The second-order valence-corrected chi connectivity index (χ2v) is 7.79. The average molecular weight is 422 g/mol. The summed E-state index contributed by atoms with van der Waals surface area (Å²) < 4.78 is 15.9. The number of fused-ring (bicyclic) bond motifs is 1. The number of rotatable bonds is 4. The zero-order valence-electron chi connectivity index (χ0n) is 18.0. The van der Waals surface area contributed by atoms with E-state index in [1.54, 1.807) is 20.3 Å². The van der Waals surface area contributed by atoms with Gasteiger partial charge in [-0.15, -0.1) is 0 Å². The molecule has 0 unspecified atom stereocenters. The summed E-state index contributed by atoms with van der Waals surface area (Å²) >= 11 is 0. The first-order chi connectivity index (χ1) is 15.0. The number of carbonyl (C=O) groups is 2. The number of nitrogens with one attached hydrogen (secondary N) is 2. The number of Topliss-reactive ketones (excluding diaryl/α,β-unsaturated/α-hetero) is 1. The molecule has 0 radical (unpaired) electrons.